The summed E-state index contributed by atoms with van der Waals surface area (Å²) < 4.78 is 26.2. The summed E-state index contributed by atoms with van der Waals surface area (Å²) in [5, 5.41) is 12.9. The second-order valence-electron chi connectivity index (χ2n) is 4.79. The molecule has 1 atom stereocenters. The Hall–Kier alpha value is -0.650. The molecule has 1 rings (SSSR count). The summed E-state index contributed by atoms with van der Waals surface area (Å²) in [4.78, 5) is 0. The van der Waals surface area contributed by atoms with E-state index < -0.39 is 17.7 Å². The molecule has 0 spiro atoms. The fraction of sp³-hybridized carbons (Fsp3) is 0.600. The molecule has 1 aromatic rings. The number of halogens is 2. The van der Waals surface area contributed by atoms with Crippen LogP contribution in [0.3, 0.4) is 0 Å². The van der Waals surface area contributed by atoms with Crippen molar-refractivity contribution in [3.8, 4) is 0 Å². The Kier molecular flexibility index (Phi) is 8.82. The van der Waals surface area contributed by atoms with Crippen LogP contribution in [0.5, 0.6) is 0 Å². The lowest BCUT2D eigenvalue weighted by atomic mass is 10.1. The van der Waals surface area contributed by atoms with E-state index >= 15 is 0 Å². The molecule has 0 saturated heterocycles. The fourth-order valence-electron chi connectivity index (χ4n) is 1.97. The molecule has 2 nitrogen and oxygen atoms in total. The molecule has 0 fully saturated rings. The van der Waals surface area contributed by atoms with Crippen LogP contribution in [0.2, 0.25) is 0 Å². The van der Waals surface area contributed by atoms with Crippen LogP contribution in [0.25, 0.3) is 0 Å². The molecule has 0 aromatic heterocycles. The zero-order valence-electron chi connectivity index (χ0n) is 11.9. The first-order valence-corrected chi connectivity index (χ1v) is 8.37. The minimum Gasteiger partial charge on any atom is -0.387 e. The van der Waals surface area contributed by atoms with Crippen LogP contribution in [0.1, 0.15) is 37.4 Å². The van der Waals surface area contributed by atoms with Gasteiger partial charge in [0.15, 0.2) is 0 Å². The van der Waals surface area contributed by atoms with Crippen molar-refractivity contribution in [2.75, 3.05) is 25.1 Å². The highest BCUT2D eigenvalue weighted by Gasteiger charge is 2.12. The molecule has 1 unspecified atom stereocenters. The largest absolute Gasteiger partial charge is 0.387 e. The highest BCUT2D eigenvalue weighted by molar-refractivity contribution is 7.98. The van der Waals surface area contributed by atoms with E-state index in [1.54, 1.807) is 0 Å². The molecular weight excluding hydrogens is 280 g/mol. The summed E-state index contributed by atoms with van der Waals surface area (Å²) in [7, 11) is 0. The third-order valence-corrected chi connectivity index (χ3v) is 3.81. The lowest BCUT2D eigenvalue weighted by Gasteiger charge is -2.13. The van der Waals surface area contributed by atoms with Crippen molar-refractivity contribution in [1.29, 1.82) is 0 Å². The van der Waals surface area contributed by atoms with Gasteiger partial charge in [-0.25, -0.2) is 8.78 Å². The monoisotopic (exact) mass is 303 g/mol. The summed E-state index contributed by atoms with van der Waals surface area (Å²) in [5.74, 6) is -0.122. The molecule has 5 heteroatoms. The van der Waals surface area contributed by atoms with E-state index in [0.29, 0.717) is 0 Å². The molecule has 2 N–H and O–H groups in total. The van der Waals surface area contributed by atoms with Crippen LogP contribution in [-0.4, -0.2) is 30.2 Å². The zero-order chi connectivity index (χ0) is 14.8. The van der Waals surface area contributed by atoms with E-state index in [2.05, 4.69) is 11.6 Å². The minimum absolute atomic E-state index is 0.138. The van der Waals surface area contributed by atoms with E-state index in [0.717, 1.165) is 31.5 Å². The van der Waals surface area contributed by atoms with Crippen LogP contribution in [0.4, 0.5) is 8.78 Å². The number of aliphatic hydroxyl groups excluding tert-OH is 1. The van der Waals surface area contributed by atoms with Crippen molar-refractivity contribution < 1.29 is 13.9 Å². The number of benzene rings is 1. The van der Waals surface area contributed by atoms with Gasteiger partial charge >= 0.3 is 0 Å². The average Bonchev–Trinajstić information content (AvgIpc) is 2.41. The van der Waals surface area contributed by atoms with E-state index in [1.165, 1.54) is 24.7 Å². The van der Waals surface area contributed by atoms with Gasteiger partial charge in [-0.2, -0.15) is 11.8 Å². The summed E-state index contributed by atoms with van der Waals surface area (Å²) in [5.41, 5.74) is 0.138. The quantitative estimate of drug-likeness (QED) is 0.649. The van der Waals surface area contributed by atoms with Gasteiger partial charge in [0.2, 0.25) is 0 Å². The van der Waals surface area contributed by atoms with Crippen molar-refractivity contribution in [1.82, 2.24) is 5.32 Å². The highest BCUT2D eigenvalue weighted by atomic mass is 32.2. The average molecular weight is 303 g/mol. The molecule has 0 aliphatic rings. The fourth-order valence-corrected chi connectivity index (χ4v) is 2.46. The van der Waals surface area contributed by atoms with Gasteiger partial charge in [0.25, 0.3) is 0 Å². The molecule has 0 heterocycles. The topological polar surface area (TPSA) is 32.3 Å². The smallest absolute Gasteiger partial charge is 0.131 e. The molecule has 114 valence electrons. The number of unbranched alkanes of at least 4 members (excludes halogenated alkanes) is 3. The van der Waals surface area contributed by atoms with E-state index in [9.17, 15) is 13.9 Å². The second-order valence-corrected chi connectivity index (χ2v) is 5.78. The molecule has 0 saturated carbocycles. The molecule has 20 heavy (non-hydrogen) atoms. The summed E-state index contributed by atoms with van der Waals surface area (Å²) in [6, 6.07) is 3.25. The first-order chi connectivity index (χ1) is 9.65. The van der Waals surface area contributed by atoms with Crippen molar-refractivity contribution in [2.45, 2.75) is 31.8 Å². The van der Waals surface area contributed by atoms with E-state index in [-0.39, 0.29) is 12.1 Å². The minimum atomic E-state index is -0.938. The number of rotatable bonds is 10. The van der Waals surface area contributed by atoms with Crippen molar-refractivity contribution in [3.05, 3.63) is 35.4 Å². The summed E-state index contributed by atoms with van der Waals surface area (Å²) >= 11 is 1.86. The van der Waals surface area contributed by atoms with Gasteiger partial charge in [-0.05, 0) is 37.5 Å². The lowest BCUT2D eigenvalue weighted by Crippen LogP contribution is -2.23. The standard InChI is InChI=1S/C15H23F2NOS/c1-20-9-5-3-2-4-8-18-11-15(19)13-7-6-12(16)10-14(13)17/h6-7,10,15,18-19H,2-5,8-9,11H2,1H3. The van der Waals surface area contributed by atoms with Crippen LogP contribution in [0, 0.1) is 11.6 Å². The third kappa shape index (κ3) is 6.68. The Labute approximate surface area is 124 Å². The Morgan fingerprint density at radius 2 is 1.95 bits per heavy atom. The van der Waals surface area contributed by atoms with Crippen molar-refractivity contribution in [3.63, 3.8) is 0 Å². The molecular formula is C15H23F2NOS. The van der Waals surface area contributed by atoms with Gasteiger partial charge in [0.1, 0.15) is 11.6 Å². The number of aliphatic hydroxyl groups is 1. The first kappa shape index (κ1) is 17.4. The molecule has 0 radical (unpaired) electrons. The number of hydrogen-bond donors (Lipinski definition) is 2. The highest BCUT2D eigenvalue weighted by Crippen LogP contribution is 2.17. The van der Waals surface area contributed by atoms with Gasteiger partial charge in [-0.3, -0.25) is 0 Å². The number of nitrogens with one attached hydrogen (secondary N) is 1. The van der Waals surface area contributed by atoms with Crippen LogP contribution < -0.4 is 5.32 Å². The summed E-state index contributed by atoms with van der Waals surface area (Å²) in [6.45, 7) is 1.09. The van der Waals surface area contributed by atoms with Crippen LogP contribution >= 0.6 is 11.8 Å². The van der Waals surface area contributed by atoms with E-state index in [4.69, 9.17) is 0 Å². The van der Waals surface area contributed by atoms with E-state index in [1.807, 2.05) is 11.8 Å². The summed E-state index contributed by atoms with van der Waals surface area (Å²) in [6.07, 6.45) is 5.84. The van der Waals surface area contributed by atoms with Gasteiger partial charge in [-0.1, -0.05) is 18.9 Å². The Bertz CT molecular complexity index is 390. The molecule has 1 aromatic carbocycles. The Balaban J connectivity index is 2.15. The molecule has 0 amide bonds. The zero-order valence-corrected chi connectivity index (χ0v) is 12.7. The maximum Gasteiger partial charge on any atom is 0.131 e. The van der Waals surface area contributed by atoms with Crippen molar-refractivity contribution in [2.24, 2.45) is 0 Å². The lowest BCUT2D eigenvalue weighted by molar-refractivity contribution is 0.170. The predicted molar refractivity (Wildman–Crippen MR) is 81.0 cm³/mol. The van der Waals surface area contributed by atoms with Gasteiger partial charge in [0, 0.05) is 18.2 Å². The SMILES string of the molecule is CSCCCCCCNCC(O)c1ccc(F)cc1F. The normalized spacial score (nSPS) is 12.6. The second kappa shape index (κ2) is 10.1. The predicted octanol–water partition coefficient (Wildman–Crippen LogP) is 3.51. The first-order valence-electron chi connectivity index (χ1n) is 6.98. The van der Waals surface area contributed by atoms with Gasteiger partial charge < -0.3 is 10.4 Å². The number of thioether (sulfide) groups is 1. The Morgan fingerprint density at radius 3 is 2.65 bits per heavy atom. The maximum absolute atomic E-state index is 13.4. The van der Waals surface area contributed by atoms with Gasteiger partial charge in [0.05, 0.1) is 6.10 Å². The van der Waals surface area contributed by atoms with Crippen LogP contribution in [0.15, 0.2) is 18.2 Å². The third-order valence-electron chi connectivity index (χ3n) is 3.11. The molecule has 0 bridgehead atoms. The molecule has 0 aliphatic carbocycles. The number of hydrogen-bond acceptors (Lipinski definition) is 3. The maximum atomic E-state index is 13.4. The molecule has 0 aliphatic heterocycles. The van der Waals surface area contributed by atoms with Gasteiger partial charge in [-0.15, -0.1) is 0 Å². The Morgan fingerprint density at radius 1 is 1.20 bits per heavy atom. The van der Waals surface area contributed by atoms with Crippen molar-refractivity contribution >= 4 is 11.8 Å². The van der Waals surface area contributed by atoms with Crippen LogP contribution in [-0.2, 0) is 0 Å².